The zero-order valence-electron chi connectivity index (χ0n) is 10.4. The largest absolute Gasteiger partial charge is 0.523 e. The first-order valence-electron chi connectivity index (χ1n) is 5.97. The SMILES string of the molecule is C1CCNC1.CCCCCOS(=O)(=O)C(F)(F)F. The first-order chi connectivity index (χ1) is 8.31. The van der Waals surface area contributed by atoms with Crippen LogP contribution in [0, 0.1) is 0 Å². The molecule has 0 atom stereocenters. The average Bonchev–Trinajstić information content (AvgIpc) is 2.81. The predicted octanol–water partition coefficient (Wildman–Crippen LogP) is 2.41. The van der Waals surface area contributed by atoms with Crippen molar-refractivity contribution in [3.05, 3.63) is 0 Å². The van der Waals surface area contributed by atoms with Crippen LogP contribution in [0.5, 0.6) is 0 Å². The molecule has 0 amide bonds. The van der Waals surface area contributed by atoms with Crippen molar-refractivity contribution in [2.75, 3.05) is 19.7 Å². The van der Waals surface area contributed by atoms with E-state index in [9.17, 15) is 21.6 Å². The fourth-order valence-corrected chi connectivity index (χ4v) is 1.68. The Morgan fingerprint density at radius 3 is 2.06 bits per heavy atom. The van der Waals surface area contributed by atoms with E-state index in [0.29, 0.717) is 12.8 Å². The fraction of sp³-hybridized carbons (Fsp3) is 1.00. The molecule has 18 heavy (non-hydrogen) atoms. The number of halogens is 3. The van der Waals surface area contributed by atoms with Crippen LogP contribution in [0.2, 0.25) is 0 Å². The highest BCUT2D eigenvalue weighted by molar-refractivity contribution is 7.87. The number of rotatable bonds is 5. The number of hydrogen-bond donors (Lipinski definition) is 1. The molecule has 0 aromatic carbocycles. The number of alkyl halides is 3. The Bertz CT molecular complexity index is 292. The maximum absolute atomic E-state index is 11.6. The summed E-state index contributed by atoms with van der Waals surface area (Å²) < 4.78 is 59.2. The summed E-state index contributed by atoms with van der Waals surface area (Å²) in [6.07, 6.45) is 4.52. The van der Waals surface area contributed by atoms with Gasteiger partial charge in [0.05, 0.1) is 6.61 Å². The molecule has 0 aromatic rings. The first kappa shape index (κ1) is 17.7. The van der Waals surface area contributed by atoms with Gasteiger partial charge in [-0.15, -0.1) is 0 Å². The molecule has 0 unspecified atom stereocenters. The maximum atomic E-state index is 11.6. The average molecular weight is 291 g/mol. The van der Waals surface area contributed by atoms with E-state index >= 15 is 0 Å². The van der Waals surface area contributed by atoms with E-state index in [2.05, 4.69) is 9.50 Å². The summed E-state index contributed by atoms with van der Waals surface area (Å²) in [7, 11) is -5.38. The Morgan fingerprint density at radius 2 is 1.72 bits per heavy atom. The Labute approximate surface area is 106 Å². The molecule has 1 saturated heterocycles. The second-order valence-electron chi connectivity index (χ2n) is 3.89. The van der Waals surface area contributed by atoms with Gasteiger partial charge in [-0.2, -0.15) is 21.6 Å². The van der Waals surface area contributed by atoms with Crippen LogP contribution < -0.4 is 5.32 Å². The normalized spacial score (nSPS) is 16.2. The van der Waals surface area contributed by atoms with Gasteiger partial charge in [-0.25, -0.2) is 0 Å². The van der Waals surface area contributed by atoms with Gasteiger partial charge in [0.2, 0.25) is 0 Å². The van der Waals surface area contributed by atoms with E-state index in [0.717, 1.165) is 6.42 Å². The lowest BCUT2D eigenvalue weighted by Crippen LogP contribution is -2.25. The summed E-state index contributed by atoms with van der Waals surface area (Å²) in [6, 6.07) is 0. The Morgan fingerprint density at radius 1 is 1.17 bits per heavy atom. The van der Waals surface area contributed by atoms with Gasteiger partial charge in [0.25, 0.3) is 0 Å². The van der Waals surface area contributed by atoms with Crippen molar-refractivity contribution >= 4 is 10.1 Å². The van der Waals surface area contributed by atoms with Crippen molar-refractivity contribution in [3.8, 4) is 0 Å². The van der Waals surface area contributed by atoms with Crippen molar-refractivity contribution in [1.82, 2.24) is 5.32 Å². The lowest BCUT2D eigenvalue weighted by atomic mass is 10.3. The van der Waals surface area contributed by atoms with Crippen molar-refractivity contribution in [1.29, 1.82) is 0 Å². The minimum absolute atomic E-state index is 0.311. The van der Waals surface area contributed by atoms with Crippen LogP contribution >= 0.6 is 0 Å². The molecule has 1 aliphatic heterocycles. The third-order valence-corrected chi connectivity index (χ3v) is 3.27. The smallest absolute Gasteiger partial charge is 0.317 e. The van der Waals surface area contributed by atoms with Gasteiger partial charge in [-0.05, 0) is 32.4 Å². The van der Waals surface area contributed by atoms with E-state index in [1.165, 1.54) is 25.9 Å². The monoisotopic (exact) mass is 291 g/mol. The van der Waals surface area contributed by atoms with Gasteiger partial charge in [-0.3, -0.25) is 4.18 Å². The van der Waals surface area contributed by atoms with Crippen LogP contribution in [-0.4, -0.2) is 33.6 Å². The molecule has 0 aromatic heterocycles. The quantitative estimate of drug-likeness (QED) is 0.480. The molecule has 0 bridgehead atoms. The molecule has 0 saturated carbocycles. The number of nitrogens with one attached hydrogen (secondary N) is 1. The Hall–Kier alpha value is -0.340. The van der Waals surface area contributed by atoms with Gasteiger partial charge >= 0.3 is 15.6 Å². The van der Waals surface area contributed by atoms with Gasteiger partial charge in [0.1, 0.15) is 0 Å². The highest BCUT2D eigenvalue weighted by Crippen LogP contribution is 2.24. The summed E-state index contributed by atoms with van der Waals surface area (Å²) >= 11 is 0. The standard InChI is InChI=1S/C6H11F3O3S.C4H9N/c1-2-3-4-5-12-13(10,11)6(7,8)9;1-2-4-5-3-1/h2-5H2,1H3;5H,1-4H2. The van der Waals surface area contributed by atoms with E-state index in [4.69, 9.17) is 0 Å². The van der Waals surface area contributed by atoms with Crippen molar-refractivity contribution < 1.29 is 25.8 Å². The number of unbranched alkanes of at least 4 members (excludes halogenated alkanes) is 2. The van der Waals surface area contributed by atoms with E-state index in [1.807, 2.05) is 6.92 Å². The van der Waals surface area contributed by atoms with Crippen molar-refractivity contribution in [2.24, 2.45) is 0 Å². The fourth-order valence-electron chi connectivity index (χ4n) is 1.21. The van der Waals surface area contributed by atoms with Crippen LogP contribution in [-0.2, 0) is 14.3 Å². The molecular formula is C10H20F3NO3S. The molecule has 0 radical (unpaired) electrons. The van der Waals surface area contributed by atoms with Crippen LogP contribution in [0.3, 0.4) is 0 Å². The third kappa shape index (κ3) is 7.88. The van der Waals surface area contributed by atoms with E-state index in [1.54, 1.807) is 0 Å². The van der Waals surface area contributed by atoms with Gasteiger partial charge < -0.3 is 5.32 Å². The molecule has 110 valence electrons. The lowest BCUT2D eigenvalue weighted by molar-refractivity contribution is -0.0542. The van der Waals surface area contributed by atoms with Crippen LogP contribution in [0.1, 0.15) is 39.0 Å². The van der Waals surface area contributed by atoms with Gasteiger partial charge in [0.15, 0.2) is 0 Å². The summed E-state index contributed by atoms with van der Waals surface area (Å²) in [5.74, 6) is 0. The van der Waals surface area contributed by atoms with E-state index in [-0.39, 0.29) is 0 Å². The molecule has 1 N–H and O–H groups in total. The summed E-state index contributed by atoms with van der Waals surface area (Å²) in [6.45, 7) is 3.94. The van der Waals surface area contributed by atoms with Crippen molar-refractivity contribution in [2.45, 2.75) is 44.5 Å². The molecule has 1 aliphatic rings. The van der Waals surface area contributed by atoms with Gasteiger partial charge in [-0.1, -0.05) is 19.8 Å². The number of hydrogen-bond acceptors (Lipinski definition) is 4. The molecule has 0 spiro atoms. The maximum Gasteiger partial charge on any atom is 0.523 e. The predicted molar refractivity (Wildman–Crippen MR) is 62.6 cm³/mol. The molecule has 1 heterocycles. The second-order valence-corrected chi connectivity index (χ2v) is 5.49. The molecule has 1 fully saturated rings. The molecular weight excluding hydrogens is 271 g/mol. The summed E-state index contributed by atoms with van der Waals surface area (Å²) in [5.41, 5.74) is -5.31. The Balaban J connectivity index is 0.000000473. The highest BCUT2D eigenvalue weighted by atomic mass is 32.2. The topological polar surface area (TPSA) is 55.4 Å². The molecule has 0 aliphatic carbocycles. The zero-order valence-corrected chi connectivity index (χ0v) is 11.2. The van der Waals surface area contributed by atoms with Gasteiger partial charge in [0, 0.05) is 0 Å². The Kier molecular flexibility index (Phi) is 8.54. The highest BCUT2D eigenvalue weighted by Gasteiger charge is 2.47. The summed E-state index contributed by atoms with van der Waals surface area (Å²) in [5, 5.41) is 3.22. The minimum Gasteiger partial charge on any atom is -0.317 e. The first-order valence-corrected chi connectivity index (χ1v) is 7.38. The third-order valence-electron chi connectivity index (χ3n) is 2.23. The lowest BCUT2D eigenvalue weighted by Gasteiger charge is -2.07. The van der Waals surface area contributed by atoms with Crippen LogP contribution in [0.15, 0.2) is 0 Å². The zero-order chi connectivity index (χ0) is 14.1. The van der Waals surface area contributed by atoms with Crippen LogP contribution in [0.4, 0.5) is 13.2 Å². The van der Waals surface area contributed by atoms with E-state index < -0.39 is 22.2 Å². The van der Waals surface area contributed by atoms with Crippen LogP contribution in [0.25, 0.3) is 0 Å². The molecule has 1 rings (SSSR count). The molecule has 8 heteroatoms. The van der Waals surface area contributed by atoms with Crippen molar-refractivity contribution in [3.63, 3.8) is 0 Å². The second kappa shape index (κ2) is 8.71. The summed E-state index contributed by atoms with van der Waals surface area (Å²) in [4.78, 5) is 0. The minimum atomic E-state index is -5.38. The molecule has 4 nitrogen and oxygen atoms in total.